The Morgan fingerprint density at radius 2 is 1.62 bits per heavy atom. The summed E-state index contributed by atoms with van der Waals surface area (Å²) in [5.41, 5.74) is -4.47. The number of esters is 1. The first-order chi connectivity index (χ1) is 31.7. The summed E-state index contributed by atoms with van der Waals surface area (Å²) in [5, 5.41) is 24.5. The van der Waals surface area contributed by atoms with E-state index in [4.69, 9.17) is 20.8 Å². The third kappa shape index (κ3) is 8.65. The maximum Gasteiger partial charge on any atom is 0.573 e. The molecule has 6 unspecified atom stereocenters. The molecule has 3 fully saturated rings. The van der Waals surface area contributed by atoms with Crippen molar-refractivity contribution in [3.05, 3.63) is 123 Å². The fourth-order valence-electron chi connectivity index (χ4n) is 11.3. The number of allylic oxidation sites excluding steroid dienone is 2. The number of rotatable bonds is 9. The SMILES string of the molecule is CC1=CCCC2(C)C(CCC2(O)CN(Cc2ccc(OC(F)(F)F)cc2)C(=O)C23CCC(C)(C(=O)O2)C3(C)C)c2ccc(cc2C(=O)c2ccc(-c3cc(C(F)(F)F)ccc3Cl)o2)CC(O)CC1. The quantitative estimate of drug-likeness (QED) is 0.0735. The van der Waals surface area contributed by atoms with Crippen molar-refractivity contribution in [2.45, 2.75) is 135 Å². The van der Waals surface area contributed by atoms with Crippen LogP contribution in [0.2, 0.25) is 5.02 Å². The van der Waals surface area contributed by atoms with E-state index in [1.165, 1.54) is 29.2 Å². The van der Waals surface area contributed by atoms with Crippen LogP contribution >= 0.6 is 11.6 Å². The Morgan fingerprint density at radius 3 is 2.26 bits per heavy atom. The first kappa shape index (κ1) is 49.3. The average Bonchev–Trinajstić information content (AvgIpc) is 3.94. The van der Waals surface area contributed by atoms with Crippen molar-refractivity contribution in [1.82, 2.24) is 4.90 Å². The van der Waals surface area contributed by atoms with Gasteiger partial charge in [0.15, 0.2) is 11.4 Å². The molecule has 1 saturated heterocycles. The van der Waals surface area contributed by atoms with Crippen molar-refractivity contribution in [1.29, 1.82) is 0 Å². The summed E-state index contributed by atoms with van der Waals surface area (Å²) >= 11 is 6.35. The molecule has 9 nitrogen and oxygen atoms in total. The number of ketones is 1. The zero-order chi connectivity index (χ0) is 49.4. The molecular weight excluding hydrogens is 916 g/mol. The van der Waals surface area contributed by atoms with Crippen LogP contribution in [0.15, 0.2) is 88.9 Å². The van der Waals surface area contributed by atoms with Crippen LogP contribution in [0.25, 0.3) is 11.3 Å². The Kier molecular flexibility index (Phi) is 12.6. The van der Waals surface area contributed by atoms with Gasteiger partial charge in [0, 0.05) is 28.5 Å². The molecule has 6 atom stereocenters. The molecule has 1 aromatic heterocycles. The lowest BCUT2D eigenvalue weighted by Gasteiger charge is -2.47. The number of amides is 1. The molecule has 1 amide bonds. The Bertz CT molecular complexity index is 2660. The second kappa shape index (κ2) is 17.4. The lowest BCUT2D eigenvalue weighted by Crippen LogP contribution is -2.60. The summed E-state index contributed by atoms with van der Waals surface area (Å²) < 4.78 is 96.7. The lowest BCUT2D eigenvalue weighted by atomic mass is 9.64. The standard InChI is InChI=1S/C52H54ClF6NO8/c1-30-7-6-21-47(4)39(36-16-11-32(25-34(61)13-8-30)26-37(36)43(62)42-19-18-41(66-42)38-27-33(51(54,55)56)12-17-40(38)53)20-22-49(47,65)29-60(28-31-9-14-35(15-10-31)67-52(57,58)59)44(63)50-24-23-48(5,45(64)68-50)46(50,2)3/h7,9-12,14-19,26-27,34,39,61,65H,6,8,13,20-25,28-29H2,1-5H3. The van der Waals surface area contributed by atoms with Crippen LogP contribution in [-0.4, -0.2) is 63.0 Å². The third-order valence-corrected chi connectivity index (χ3v) is 16.3. The average molecular weight is 970 g/mol. The number of nitrogens with zero attached hydrogens (tertiary/aromatic N) is 1. The molecule has 4 aromatic rings. The summed E-state index contributed by atoms with van der Waals surface area (Å²) in [7, 11) is 0. The van der Waals surface area contributed by atoms with Gasteiger partial charge in [-0.05, 0) is 143 Å². The van der Waals surface area contributed by atoms with Crippen molar-refractivity contribution in [2.24, 2.45) is 16.2 Å². The van der Waals surface area contributed by atoms with Gasteiger partial charge in [-0.1, -0.05) is 68.3 Å². The van der Waals surface area contributed by atoms with Gasteiger partial charge in [0.1, 0.15) is 11.5 Å². The van der Waals surface area contributed by atoms with Crippen molar-refractivity contribution < 1.29 is 64.8 Å². The predicted molar refractivity (Wildman–Crippen MR) is 239 cm³/mol. The molecule has 3 aromatic carbocycles. The second-order valence-electron chi connectivity index (χ2n) is 20.2. The maximum absolute atomic E-state index is 15.3. The molecule has 68 heavy (non-hydrogen) atoms. The Balaban J connectivity index is 1.20. The van der Waals surface area contributed by atoms with Gasteiger partial charge in [0.25, 0.3) is 5.91 Å². The number of carbonyl (C=O) groups is 3. The minimum Gasteiger partial charge on any atom is -0.453 e. The van der Waals surface area contributed by atoms with Crippen LogP contribution < -0.4 is 4.74 Å². The fraction of sp³-hybridized carbons (Fsp3) is 0.481. The number of ether oxygens (including phenoxy) is 2. The highest BCUT2D eigenvalue weighted by Crippen LogP contribution is 2.66. The minimum absolute atomic E-state index is 0.0222. The molecule has 1 aliphatic heterocycles. The molecule has 5 aliphatic rings. The smallest absolute Gasteiger partial charge is 0.453 e. The van der Waals surface area contributed by atoms with E-state index in [1.807, 2.05) is 33.8 Å². The van der Waals surface area contributed by atoms with Gasteiger partial charge in [0.05, 0.1) is 34.3 Å². The van der Waals surface area contributed by atoms with E-state index < -0.39 is 81.0 Å². The molecule has 4 aliphatic carbocycles. The number of aliphatic hydroxyl groups is 2. The van der Waals surface area contributed by atoms with Crippen molar-refractivity contribution in [3.8, 4) is 17.1 Å². The predicted octanol–water partition coefficient (Wildman–Crippen LogP) is 11.9. The Hall–Kier alpha value is -5.12. The van der Waals surface area contributed by atoms with E-state index in [0.717, 1.165) is 35.9 Å². The van der Waals surface area contributed by atoms with Gasteiger partial charge in [-0.15, -0.1) is 13.2 Å². The fourth-order valence-corrected chi connectivity index (χ4v) is 11.5. The summed E-state index contributed by atoms with van der Waals surface area (Å²) in [6.45, 7) is 8.85. The molecular formula is C52H54ClF6NO8. The van der Waals surface area contributed by atoms with Gasteiger partial charge < -0.3 is 29.0 Å². The summed E-state index contributed by atoms with van der Waals surface area (Å²) in [6.07, 6.45) is -5.16. The van der Waals surface area contributed by atoms with Gasteiger partial charge in [-0.25, -0.2) is 0 Å². The van der Waals surface area contributed by atoms with E-state index in [-0.39, 0.29) is 60.0 Å². The van der Waals surface area contributed by atoms with Crippen molar-refractivity contribution >= 4 is 29.3 Å². The number of fused-ring (bicyclic) bond motifs is 10. The van der Waals surface area contributed by atoms with Crippen LogP contribution in [0, 0.1) is 16.2 Å². The monoisotopic (exact) mass is 969 g/mol. The van der Waals surface area contributed by atoms with E-state index >= 15 is 4.79 Å². The topological polar surface area (TPSA) is 127 Å². The normalized spacial score (nSPS) is 28.1. The number of alkyl halides is 6. The molecule has 0 spiro atoms. The van der Waals surface area contributed by atoms with E-state index in [0.29, 0.717) is 55.2 Å². The lowest BCUT2D eigenvalue weighted by molar-refractivity contribution is -0.274. The van der Waals surface area contributed by atoms with Gasteiger partial charge in [0.2, 0.25) is 5.78 Å². The molecule has 364 valence electrons. The van der Waals surface area contributed by atoms with Crippen LogP contribution in [0.3, 0.4) is 0 Å². The number of carbonyl (C=O) groups excluding carboxylic acids is 3. The number of halogens is 7. The first-order valence-corrected chi connectivity index (χ1v) is 23.2. The first-order valence-electron chi connectivity index (χ1n) is 22.8. The zero-order valence-corrected chi connectivity index (χ0v) is 39.1. The van der Waals surface area contributed by atoms with Crippen molar-refractivity contribution in [3.63, 3.8) is 0 Å². The van der Waals surface area contributed by atoms with E-state index in [9.17, 15) is 46.1 Å². The number of hydrogen-bond donors (Lipinski definition) is 2. The van der Waals surface area contributed by atoms with Crippen LogP contribution in [-0.2, 0) is 33.5 Å². The molecule has 2 N–H and O–H groups in total. The zero-order valence-electron chi connectivity index (χ0n) is 38.4. The summed E-state index contributed by atoms with van der Waals surface area (Å²) in [6, 6.07) is 15.9. The molecule has 2 heterocycles. The maximum atomic E-state index is 15.3. The van der Waals surface area contributed by atoms with E-state index in [1.54, 1.807) is 19.1 Å². The molecule has 9 rings (SSSR count). The molecule has 4 bridgehead atoms. The van der Waals surface area contributed by atoms with Crippen LogP contribution in [0.5, 0.6) is 5.75 Å². The Labute approximate surface area is 395 Å². The second-order valence-corrected chi connectivity index (χ2v) is 20.6. The minimum atomic E-state index is -4.93. The largest absolute Gasteiger partial charge is 0.573 e. The number of furan rings is 1. The van der Waals surface area contributed by atoms with E-state index in [2.05, 4.69) is 10.8 Å². The summed E-state index contributed by atoms with van der Waals surface area (Å²) in [4.78, 5) is 45.1. The number of hydrogen-bond acceptors (Lipinski definition) is 8. The van der Waals surface area contributed by atoms with Crippen LogP contribution in [0.4, 0.5) is 26.3 Å². The molecule has 2 saturated carbocycles. The highest BCUT2D eigenvalue weighted by atomic mass is 35.5. The number of benzene rings is 3. The van der Waals surface area contributed by atoms with Gasteiger partial charge in [-0.2, -0.15) is 13.2 Å². The van der Waals surface area contributed by atoms with Gasteiger partial charge in [-0.3, -0.25) is 14.4 Å². The molecule has 16 heteroatoms. The van der Waals surface area contributed by atoms with Crippen LogP contribution in [0.1, 0.15) is 130 Å². The summed E-state index contributed by atoms with van der Waals surface area (Å²) in [5.74, 6) is -2.88. The third-order valence-electron chi connectivity index (χ3n) is 16.0. The van der Waals surface area contributed by atoms with Crippen molar-refractivity contribution in [2.75, 3.05) is 6.54 Å². The number of aliphatic hydroxyl groups excluding tert-OH is 1. The Morgan fingerprint density at radius 1 is 0.897 bits per heavy atom. The highest BCUT2D eigenvalue weighted by Gasteiger charge is 2.76. The highest BCUT2D eigenvalue weighted by molar-refractivity contribution is 6.33. The molecule has 0 radical (unpaired) electrons. The van der Waals surface area contributed by atoms with Gasteiger partial charge >= 0.3 is 18.5 Å².